The van der Waals surface area contributed by atoms with Gasteiger partial charge in [0, 0.05) is 6.54 Å². The fourth-order valence-corrected chi connectivity index (χ4v) is 2.80. The van der Waals surface area contributed by atoms with Crippen molar-refractivity contribution in [3.8, 4) is 0 Å². The molecular weight excluding hydrogens is 376 g/mol. The summed E-state index contributed by atoms with van der Waals surface area (Å²) in [6.07, 6.45) is 6.24. The highest BCUT2D eigenvalue weighted by atomic mass is 16.5. The third kappa shape index (κ3) is 16.9. The van der Waals surface area contributed by atoms with E-state index in [1.54, 1.807) is 7.05 Å². The number of aliphatic carboxylic acids is 1. The molecule has 29 heavy (non-hydrogen) atoms. The Balaban J connectivity index is -0.000000361. The predicted octanol–water partition coefficient (Wildman–Crippen LogP) is 3.09. The molecule has 0 bridgehead atoms. The Morgan fingerprint density at radius 2 is 1.59 bits per heavy atom. The van der Waals surface area contributed by atoms with Gasteiger partial charge in [-0.2, -0.15) is 0 Å². The van der Waals surface area contributed by atoms with Crippen LogP contribution in [-0.2, 0) is 23.9 Å². The summed E-state index contributed by atoms with van der Waals surface area (Å²) in [7, 11) is 2.98. The molecule has 2 fully saturated rings. The van der Waals surface area contributed by atoms with Gasteiger partial charge >= 0.3 is 5.97 Å². The van der Waals surface area contributed by atoms with E-state index in [0.717, 1.165) is 6.42 Å². The lowest BCUT2D eigenvalue weighted by Crippen LogP contribution is -2.43. The molecule has 1 amide bonds. The van der Waals surface area contributed by atoms with Crippen molar-refractivity contribution in [2.45, 2.75) is 91.9 Å². The number of carbonyl (C=O) groups excluding carboxylic acids is 2. The summed E-state index contributed by atoms with van der Waals surface area (Å²) in [5, 5.41) is 11.5. The minimum absolute atomic E-state index is 0.132. The number of likely N-dealkylation sites (tertiary alicyclic amines) is 1. The van der Waals surface area contributed by atoms with Crippen molar-refractivity contribution >= 4 is 18.3 Å². The molecule has 0 radical (unpaired) electrons. The molecule has 2 rings (SSSR count). The second-order valence-corrected chi connectivity index (χ2v) is 6.13. The van der Waals surface area contributed by atoms with E-state index in [9.17, 15) is 9.59 Å². The Kier molecular flexibility index (Phi) is 25.0. The number of nitrogens with one attached hydrogen (secondary N) is 1. The SMILES string of the molecule is CC.CC.CC1CCC[C@@H](C)O1.CNCC(=O)N1CCCC1C(=O)O.COC=O. The van der Waals surface area contributed by atoms with Crippen molar-refractivity contribution in [1.29, 1.82) is 0 Å². The lowest BCUT2D eigenvalue weighted by molar-refractivity contribution is -0.147. The normalized spacial score (nSPS) is 21.9. The van der Waals surface area contributed by atoms with Gasteiger partial charge in [-0.3, -0.25) is 9.59 Å². The van der Waals surface area contributed by atoms with Crippen molar-refractivity contribution < 1.29 is 29.0 Å². The minimum atomic E-state index is -0.901. The Morgan fingerprint density at radius 3 is 1.90 bits per heavy atom. The topological polar surface area (TPSA) is 105 Å². The van der Waals surface area contributed by atoms with Crippen LogP contribution in [0.3, 0.4) is 0 Å². The second-order valence-electron chi connectivity index (χ2n) is 6.13. The summed E-state index contributed by atoms with van der Waals surface area (Å²) in [4.78, 5) is 32.4. The van der Waals surface area contributed by atoms with Crippen molar-refractivity contribution in [3.63, 3.8) is 0 Å². The average molecular weight is 421 g/mol. The van der Waals surface area contributed by atoms with Crippen LogP contribution < -0.4 is 5.32 Å². The molecule has 2 N–H and O–H groups in total. The zero-order valence-corrected chi connectivity index (χ0v) is 19.7. The first-order valence-corrected chi connectivity index (χ1v) is 10.7. The van der Waals surface area contributed by atoms with Crippen LogP contribution in [0.1, 0.15) is 73.6 Å². The van der Waals surface area contributed by atoms with E-state index in [4.69, 9.17) is 14.6 Å². The summed E-state index contributed by atoms with van der Waals surface area (Å²) in [6.45, 7) is 13.5. The molecule has 0 aliphatic carbocycles. The Labute approximate surface area is 177 Å². The number of rotatable bonds is 4. The molecule has 0 saturated carbocycles. The number of methoxy groups -OCH3 is 1. The number of hydrogen-bond acceptors (Lipinski definition) is 6. The number of amides is 1. The molecule has 0 aromatic heterocycles. The Morgan fingerprint density at radius 1 is 1.10 bits per heavy atom. The number of carbonyl (C=O) groups is 3. The molecule has 8 heteroatoms. The van der Waals surface area contributed by atoms with Crippen molar-refractivity contribution in [2.24, 2.45) is 0 Å². The van der Waals surface area contributed by atoms with E-state index in [2.05, 4.69) is 23.9 Å². The summed E-state index contributed by atoms with van der Waals surface area (Å²) < 4.78 is 9.35. The lowest BCUT2D eigenvalue weighted by atomic mass is 10.1. The van der Waals surface area contributed by atoms with E-state index >= 15 is 0 Å². The molecule has 0 aromatic carbocycles. The Bertz CT molecular complexity index is 399. The zero-order valence-electron chi connectivity index (χ0n) is 19.7. The molecule has 3 atom stereocenters. The van der Waals surface area contributed by atoms with E-state index < -0.39 is 12.0 Å². The second kappa shape index (κ2) is 22.6. The molecule has 174 valence electrons. The van der Waals surface area contributed by atoms with Crippen molar-refractivity contribution in [1.82, 2.24) is 10.2 Å². The van der Waals surface area contributed by atoms with E-state index in [1.807, 2.05) is 27.7 Å². The largest absolute Gasteiger partial charge is 0.480 e. The monoisotopic (exact) mass is 420 g/mol. The van der Waals surface area contributed by atoms with Gasteiger partial charge < -0.3 is 24.8 Å². The van der Waals surface area contributed by atoms with E-state index in [1.165, 1.54) is 31.3 Å². The van der Waals surface area contributed by atoms with Gasteiger partial charge in [-0.05, 0) is 53.0 Å². The first-order chi connectivity index (χ1) is 13.9. The number of hydrogen-bond donors (Lipinski definition) is 2. The maximum atomic E-state index is 11.4. The highest BCUT2D eigenvalue weighted by molar-refractivity contribution is 5.85. The fourth-order valence-electron chi connectivity index (χ4n) is 2.80. The molecule has 2 aliphatic rings. The highest BCUT2D eigenvalue weighted by Gasteiger charge is 2.33. The standard InChI is InChI=1S/C8H14N2O3.C7H14O.C2H4O2.2C2H6/c1-9-5-7(11)10-4-2-3-6(10)8(12)13;1-6-4-3-5-7(2)8-6;1-4-2-3;2*1-2/h6,9H,2-5H2,1H3,(H,12,13);6-7H,3-5H2,1-2H3;2H,1H3;2*1-2H3/t;6-,7?;;;/m.1.../s1. The summed E-state index contributed by atoms with van der Waals surface area (Å²) in [6, 6.07) is -0.610. The molecule has 2 heterocycles. The first-order valence-electron chi connectivity index (χ1n) is 10.7. The smallest absolute Gasteiger partial charge is 0.326 e. The quantitative estimate of drug-likeness (QED) is 0.673. The molecule has 2 aliphatic heterocycles. The van der Waals surface area contributed by atoms with Gasteiger partial charge in [-0.15, -0.1) is 0 Å². The molecule has 0 spiro atoms. The maximum Gasteiger partial charge on any atom is 0.326 e. The van der Waals surface area contributed by atoms with Gasteiger partial charge in [-0.1, -0.05) is 27.7 Å². The summed E-state index contributed by atoms with van der Waals surface area (Å²) >= 11 is 0. The van der Waals surface area contributed by atoms with Crippen LogP contribution in [0, 0.1) is 0 Å². The molecule has 2 saturated heterocycles. The van der Waals surface area contributed by atoms with Gasteiger partial charge in [0.25, 0.3) is 6.47 Å². The number of nitrogens with zero attached hydrogens (tertiary/aromatic N) is 1. The minimum Gasteiger partial charge on any atom is -0.480 e. The predicted molar refractivity (Wildman–Crippen MR) is 116 cm³/mol. The van der Waals surface area contributed by atoms with E-state index in [0.29, 0.717) is 31.6 Å². The molecule has 0 aromatic rings. The fraction of sp³-hybridized carbons (Fsp3) is 0.857. The molecule has 2 unspecified atom stereocenters. The summed E-state index contributed by atoms with van der Waals surface area (Å²) in [5.41, 5.74) is 0. The number of likely N-dealkylation sites (N-methyl/N-ethyl adjacent to an activating group) is 1. The van der Waals surface area contributed by atoms with Crippen LogP contribution in [0.25, 0.3) is 0 Å². The third-order valence-electron chi connectivity index (χ3n) is 3.97. The van der Waals surface area contributed by atoms with Gasteiger partial charge in [0.15, 0.2) is 0 Å². The number of ether oxygens (including phenoxy) is 2. The van der Waals surface area contributed by atoms with Crippen molar-refractivity contribution in [3.05, 3.63) is 0 Å². The van der Waals surface area contributed by atoms with Crippen LogP contribution in [-0.4, -0.2) is 73.9 Å². The average Bonchev–Trinajstić information content (AvgIpc) is 3.22. The van der Waals surface area contributed by atoms with Gasteiger partial charge in [0.2, 0.25) is 5.91 Å². The molecular formula is C21H44N2O6. The van der Waals surface area contributed by atoms with Crippen LogP contribution in [0.15, 0.2) is 0 Å². The number of carboxylic acid groups (broad SMARTS) is 1. The van der Waals surface area contributed by atoms with Gasteiger partial charge in [0.05, 0.1) is 25.9 Å². The van der Waals surface area contributed by atoms with Crippen LogP contribution >= 0.6 is 0 Å². The van der Waals surface area contributed by atoms with Gasteiger partial charge in [0.1, 0.15) is 6.04 Å². The van der Waals surface area contributed by atoms with Crippen LogP contribution in [0.4, 0.5) is 0 Å². The zero-order chi connectivity index (χ0) is 23.2. The maximum absolute atomic E-state index is 11.4. The van der Waals surface area contributed by atoms with E-state index in [-0.39, 0.29) is 12.5 Å². The van der Waals surface area contributed by atoms with Gasteiger partial charge in [-0.25, -0.2) is 4.79 Å². The lowest BCUT2D eigenvalue weighted by Gasteiger charge is -2.24. The summed E-state index contributed by atoms with van der Waals surface area (Å²) in [5.74, 6) is -1.03. The Hall–Kier alpha value is -1.67. The van der Waals surface area contributed by atoms with Crippen LogP contribution in [0.5, 0.6) is 0 Å². The number of carboxylic acids is 1. The molecule has 8 nitrogen and oxygen atoms in total. The van der Waals surface area contributed by atoms with Crippen molar-refractivity contribution in [2.75, 3.05) is 27.2 Å². The third-order valence-corrected chi connectivity index (χ3v) is 3.97. The van der Waals surface area contributed by atoms with Crippen LogP contribution in [0.2, 0.25) is 0 Å². The highest BCUT2D eigenvalue weighted by Crippen LogP contribution is 2.17. The first kappa shape index (κ1) is 32.0.